The molecular formula is C35H50ClN3O10S. The largest absolute Gasteiger partial charge is 0.495 e. The van der Waals surface area contributed by atoms with Crippen LogP contribution in [0.15, 0.2) is 35.9 Å². The first-order valence-corrected chi connectivity index (χ1v) is 17.4. The predicted octanol–water partition coefficient (Wildman–Crippen LogP) is 3.86. The maximum atomic E-state index is 14.0. The highest BCUT2D eigenvalue weighted by Crippen LogP contribution is 2.48. The summed E-state index contributed by atoms with van der Waals surface area (Å²) in [5, 5.41) is 11.4. The van der Waals surface area contributed by atoms with Crippen molar-refractivity contribution < 1.29 is 48.0 Å². The molecule has 0 spiro atoms. The van der Waals surface area contributed by atoms with E-state index < -0.39 is 66.1 Å². The van der Waals surface area contributed by atoms with Crippen LogP contribution in [0.5, 0.6) is 5.75 Å². The Balaban J connectivity index is 2.11. The number of nitrogens with zero attached hydrogens (tertiary/aromatic N) is 2. The molecule has 2 aliphatic heterocycles. The van der Waals surface area contributed by atoms with Crippen molar-refractivity contribution in [1.29, 1.82) is 0 Å². The number of aliphatic hydroxyl groups is 1. The van der Waals surface area contributed by atoms with E-state index >= 15 is 0 Å². The number of likely N-dealkylation sites (N-methyl/N-ethyl adjacent to an activating group) is 1. The Morgan fingerprint density at radius 3 is 2.54 bits per heavy atom. The second-order valence-corrected chi connectivity index (χ2v) is 13.8. The van der Waals surface area contributed by atoms with E-state index in [9.17, 15) is 24.3 Å². The number of rotatable bonds is 8. The lowest BCUT2D eigenvalue weighted by molar-refractivity contribution is -0.161. The molecule has 8 atom stereocenters. The molecule has 8 unspecified atom stereocenters. The van der Waals surface area contributed by atoms with Crippen LogP contribution in [0.1, 0.15) is 52.5 Å². The third-order valence-corrected chi connectivity index (χ3v) is 10.0. The Morgan fingerprint density at radius 2 is 1.94 bits per heavy atom. The first-order valence-electron chi connectivity index (χ1n) is 16.4. The molecule has 3 amide bonds. The average Bonchev–Trinajstić information content (AvgIpc) is 3.76. The van der Waals surface area contributed by atoms with Gasteiger partial charge in [-0.1, -0.05) is 42.3 Å². The van der Waals surface area contributed by atoms with Gasteiger partial charge in [-0.05, 0) is 50.6 Å². The number of halogens is 1. The van der Waals surface area contributed by atoms with E-state index in [1.807, 2.05) is 13.0 Å². The molecule has 2 bridgehead atoms. The van der Waals surface area contributed by atoms with Gasteiger partial charge in [-0.25, -0.2) is 9.59 Å². The zero-order valence-electron chi connectivity index (χ0n) is 29.9. The molecule has 13 nitrogen and oxygen atoms in total. The van der Waals surface area contributed by atoms with Crippen molar-refractivity contribution in [2.45, 2.75) is 95.5 Å². The number of hydrogen-bond donors (Lipinski definition) is 3. The molecule has 1 fully saturated rings. The molecule has 3 rings (SSSR count). The Hall–Kier alpha value is -3.30. The quantitative estimate of drug-likeness (QED) is 0.202. The lowest BCUT2D eigenvalue weighted by atomic mass is 9.85. The van der Waals surface area contributed by atoms with Gasteiger partial charge in [-0.15, -0.1) is 0 Å². The van der Waals surface area contributed by atoms with Crippen LogP contribution < -0.4 is 15.4 Å². The molecule has 2 heterocycles. The number of benzene rings is 1. The summed E-state index contributed by atoms with van der Waals surface area (Å²) in [5.74, 6) is -1.42. The van der Waals surface area contributed by atoms with Crippen LogP contribution in [0.25, 0.3) is 0 Å². The molecule has 1 aromatic rings. The summed E-state index contributed by atoms with van der Waals surface area (Å²) in [4.78, 5) is 54.7. The Morgan fingerprint density at radius 1 is 1.26 bits per heavy atom. The Bertz CT molecular complexity index is 1470. The summed E-state index contributed by atoms with van der Waals surface area (Å²) in [6.07, 6.45) is -0.171. The normalized spacial score (nSPS) is 28.2. The van der Waals surface area contributed by atoms with Gasteiger partial charge in [0.1, 0.15) is 40.7 Å². The number of ether oxygens (including phenoxy) is 5. The summed E-state index contributed by atoms with van der Waals surface area (Å²) < 4.78 is 28.7. The van der Waals surface area contributed by atoms with Crippen molar-refractivity contribution in [3.63, 3.8) is 0 Å². The van der Waals surface area contributed by atoms with Crippen LogP contribution in [0.3, 0.4) is 0 Å². The number of amides is 3. The van der Waals surface area contributed by atoms with Crippen LogP contribution in [0, 0.1) is 5.92 Å². The predicted molar refractivity (Wildman–Crippen MR) is 192 cm³/mol. The van der Waals surface area contributed by atoms with E-state index in [1.54, 1.807) is 45.2 Å². The number of carbonyl (C=O) groups is 4. The van der Waals surface area contributed by atoms with Crippen molar-refractivity contribution in [3.8, 4) is 5.75 Å². The highest BCUT2D eigenvalue weighted by molar-refractivity contribution is 7.80. The van der Waals surface area contributed by atoms with Crippen LogP contribution in [0.2, 0.25) is 5.02 Å². The monoisotopic (exact) mass is 739 g/mol. The number of epoxide rings is 1. The van der Waals surface area contributed by atoms with Gasteiger partial charge in [0.25, 0.3) is 0 Å². The molecule has 0 radical (unpaired) electrons. The van der Waals surface area contributed by atoms with Gasteiger partial charge >= 0.3 is 12.1 Å². The molecule has 0 aromatic heterocycles. The molecule has 15 heteroatoms. The average molecular weight is 740 g/mol. The van der Waals surface area contributed by atoms with E-state index in [4.69, 9.17) is 41.0 Å². The van der Waals surface area contributed by atoms with E-state index in [0.717, 1.165) is 11.1 Å². The topological polar surface area (TPSA) is 170 Å². The number of anilines is 1. The number of hydrogen-bond acceptors (Lipinski definition) is 11. The highest BCUT2D eigenvalue weighted by Gasteiger charge is 2.63. The van der Waals surface area contributed by atoms with Crippen LogP contribution >= 0.6 is 24.2 Å². The number of fused-ring (bicyclic) bond motifs is 3. The third kappa shape index (κ3) is 9.93. The van der Waals surface area contributed by atoms with Gasteiger partial charge in [0, 0.05) is 40.0 Å². The number of allylic oxidation sites excluding steroid dienone is 3. The smallest absolute Gasteiger partial charge is 0.404 e. The minimum absolute atomic E-state index is 0.0586. The molecule has 2 aliphatic rings. The maximum Gasteiger partial charge on any atom is 0.404 e. The molecule has 50 heavy (non-hydrogen) atoms. The van der Waals surface area contributed by atoms with E-state index in [-0.39, 0.29) is 30.2 Å². The van der Waals surface area contributed by atoms with Gasteiger partial charge in [0.05, 0.1) is 31.4 Å². The van der Waals surface area contributed by atoms with Crippen LogP contribution in [0.4, 0.5) is 10.5 Å². The van der Waals surface area contributed by atoms with Gasteiger partial charge in [0.15, 0.2) is 0 Å². The molecule has 0 saturated carbocycles. The second-order valence-electron chi connectivity index (χ2n) is 13.0. The highest BCUT2D eigenvalue weighted by atomic mass is 35.5. The van der Waals surface area contributed by atoms with Gasteiger partial charge in [-0.2, -0.15) is 12.6 Å². The first-order chi connectivity index (χ1) is 23.5. The van der Waals surface area contributed by atoms with Crippen molar-refractivity contribution >= 4 is 53.8 Å². The van der Waals surface area contributed by atoms with Gasteiger partial charge in [-0.3, -0.25) is 9.59 Å². The SMILES string of the molecule is COc1cc2cc(c1Cl)N(C)C(=O)CC(OC(=O)C(C)N(C)C(=O)CCS)C1(C)OC1C(C)C(OC(N)=O)CC(O)C(OC)C=CC=C(C)C2. The number of aliphatic hydroxyl groups excluding tert-OH is 1. The second kappa shape index (κ2) is 17.8. The number of nitrogens with two attached hydrogens (primary N) is 1. The third-order valence-electron chi connectivity index (χ3n) is 9.44. The van der Waals surface area contributed by atoms with Crippen LogP contribution in [-0.4, -0.2) is 110 Å². The summed E-state index contributed by atoms with van der Waals surface area (Å²) in [7, 11) is 5.99. The summed E-state index contributed by atoms with van der Waals surface area (Å²) in [6.45, 7) is 6.89. The van der Waals surface area contributed by atoms with Crippen molar-refractivity contribution in [3.05, 3.63) is 46.5 Å². The van der Waals surface area contributed by atoms with Crippen molar-refractivity contribution in [2.75, 3.05) is 39.0 Å². The molecule has 1 aromatic carbocycles. The molecule has 3 N–H and O–H groups in total. The fourth-order valence-electron chi connectivity index (χ4n) is 6.10. The zero-order chi connectivity index (χ0) is 37.5. The minimum Gasteiger partial charge on any atom is -0.495 e. The summed E-state index contributed by atoms with van der Waals surface area (Å²) in [5.41, 5.74) is 6.33. The van der Waals surface area contributed by atoms with E-state index in [0.29, 0.717) is 23.6 Å². The molecule has 0 aliphatic carbocycles. The fourth-order valence-corrected chi connectivity index (χ4v) is 6.60. The number of carbonyl (C=O) groups excluding carboxylic acids is 4. The van der Waals surface area contributed by atoms with Gasteiger partial charge in [0.2, 0.25) is 11.8 Å². The molecule has 278 valence electrons. The number of primary amides is 1. The lowest BCUT2D eigenvalue weighted by Crippen LogP contribution is -2.47. The maximum absolute atomic E-state index is 14.0. The minimum atomic E-state index is -1.24. The molecule has 1 saturated heterocycles. The zero-order valence-corrected chi connectivity index (χ0v) is 31.5. The van der Waals surface area contributed by atoms with Crippen molar-refractivity contribution in [1.82, 2.24) is 4.90 Å². The van der Waals surface area contributed by atoms with Crippen LogP contribution in [-0.2, 0) is 39.8 Å². The van der Waals surface area contributed by atoms with Crippen molar-refractivity contribution in [2.24, 2.45) is 11.7 Å². The molecular weight excluding hydrogens is 690 g/mol. The fraction of sp³-hybridized carbons (Fsp3) is 0.600. The Kier molecular flexibility index (Phi) is 14.6. The van der Waals surface area contributed by atoms with E-state index in [2.05, 4.69) is 12.6 Å². The van der Waals surface area contributed by atoms with E-state index in [1.165, 1.54) is 38.0 Å². The summed E-state index contributed by atoms with van der Waals surface area (Å²) in [6, 6.07) is 2.59. The first kappa shape index (κ1) is 41.1. The van der Waals surface area contributed by atoms with Gasteiger partial charge < -0.3 is 44.3 Å². The number of methoxy groups -OCH3 is 2. The number of esters is 1. The lowest BCUT2D eigenvalue weighted by Gasteiger charge is -2.30. The summed E-state index contributed by atoms with van der Waals surface area (Å²) >= 11 is 10.8. The Labute approximate surface area is 304 Å². The standard InChI is InChI=1S/C35H50ClN3O10S/c1-19-10-9-11-25(45-7)24(40)17-26(47-34(37)44)20(2)32-35(4,49-32)28(48-33(43)21(3)38(5)29(41)12-13-50)18-30(42)39(6)23-15-22(14-19)16-27(46-8)31(23)36/h9-11,15-16,20-21,24-26,28,32,40,50H,12-14,17-18H2,1-8H3,(H2,37,44). The number of thiol groups is 1.